The average molecular weight is 493 g/mol. The Kier molecular flexibility index (Phi) is 10.2. The second kappa shape index (κ2) is 13.5. The molecular formula is C29H33ClN2O3. The Balaban J connectivity index is 1.86. The van der Waals surface area contributed by atoms with Gasteiger partial charge in [-0.15, -0.1) is 0 Å². The first-order chi connectivity index (χ1) is 17.0. The maximum absolute atomic E-state index is 13.5. The average Bonchev–Trinajstić information content (AvgIpc) is 2.88. The van der Waals surface area contributed by atoms with Crippen LogP contribution in [0.25, 0.3) is 0 Å². The molecule has 1 N–H and O–H groups in total. The number of hydrogen-bond acceptors (Lipinski definition) is 3. The van der Waals surface area contributed by atoms with Gasteiger partial charge in [0, 0.05) is 24.5 Å². The molecule has 0 saturated heterocycles. The topological polar surface area (TPSA) is 58.6 Å². The zero-order valence-corrected chi connectivity index (χ0v) is 21.1. The van der Waals surface area contributed by atoms with Crippen molar-refractivity contribution in [2.75, 3.05) is 13.2 Å². The molecule has 0 spiro atoms. The van der Waals surface area contributed by atoms with Crippen LogP contribution in [0.5, 0.6) is 5.75 Å². The number of hydrogen-bond donors (Lipinski definition) is 1. The summed E-state index contributed by atoms with van der Waals surface area (Å²) in [5.41, 5.74) is 2.81. The van der Waals surface area contributed by atoms with Crippen LogP contribution in [0, 0.1) is 6.92 Å². The smallest absolute Gasteiger partial charge is 0.261 e. The second-order valence-electron chi connectivity index (χ2n) is 8.56. The summed E-state index contributed by atoms with van der Waals surface area (Å²) >= 11 is 6.11. The van der Waals surface area contributed by atoms with Gasteiger partial charge in [0.15, 0.2) is 6.61 Å². The van der Waals surface area contributed by atoms with Gasteiger partial charge in [0.2, 0.25) is 5.91 Å². The Bertz CT molecular complexity index is 1090. The van der Waals surface area contributed by atoms with Gasteiger partial charge in [-0.2, -0.15) is 0 Å². The first-order valence-electron chi connectivity index (χ1n) is 12.0. The van der Waals surface area contributed by atoms with Crippen molar-refractivity contribution in [2.24, 2.45) is 0 Å². The van der Waals surface area contributed by atoms with Crippen LogP contribution in [0.15, 0.2) is 78.9 Å². The number of aryl methyl sites for hydroxylation is 1. The maximum atomic E-state index is 13.5. The molecule has 0 radical (unpaired) electrons. The lowest BCUT2D eigenvalue weighted by Crippen LogP contribution is -2.51. The molecule has 0 unspecified atom stereocenters. The maximum Gasteiger partial charge on any atom is 0.261 e. The molecule has 3 aromatic carbocycles. The monoisotopic (exact) mass is 492 g/mol. The molecular weight excluding hydrogens is 460 g/mol. The van der Waals surface area contributed by atoms with E-state index in [0.717, 1.165) is 29.5 Å². The third kappa shape index (κ3) is 8.15. The number of nitrogens with zero attached hydrogens (tertiary/aromatic N) is 1. The van der Waals surface area contributed by atoms with Crippen LogP contribution in [0.1, 0.15) is 36.5 Å². The van der Waals surface area contributed by atoms with E-state index in [1.54, 1.807) is 23.1 Å². The lowest BCUT2D eigenvalue weighted by Gasteiger charge is -2.31. The van der Waals surface area contributed by atoms with Crippen LogP contribution in [-0.2, 0) is 22.6 Å². The zero-order chi connectivity index (χ0) is 25.0. The first kappa shape index (κ1) is 26.3. The van der Waals surface area contributed by atoms with Gasteiger partial charge in [0.1, 0.15) is 11.8 Å². The Morgan fingerprint density at radius 2 is 1.63 bits per heavy atom. The van der Waals surface area contributed by atoms with Crippen LogP contribution >= 0.6 is 11.6 Å². The van der Waals surface area contributed by atoms with Gasteiger partial charge in [-0.05, 0) is 48.2 Å². The van der Waals surface area contributed by atoms with Crippen molar-refractivity contribution >= 4 is 23.4 Å². The van der Waals surface area contributed by atoms with Crippen LogP contribution < -0.4 is 10.1 Å². The van der Waals surface area contributed by atoms with Crippen molar-refractivity contribution in [3.8, 4) is 5.75 Å². The van der Waals surface area contributed by atoms with Crippen molar-refractivity contribution in [1.29, 1.82) is 0 Å². The van der Waals surface area contributed by atoms with E-state index in [2.05, 4.69) is 12.2 Å². The number of carbonyl (C=O) groups excluding carboxylic acids is 2. The van der Waals surface area contributed by atoms with Gasteiger partial charge in [0.05, 0.1) is 0 Å². The molecule has 0 aliphatic rings. The summed E-state index contributed by atoms with van der Waals surface area (Å²) in [4.78, 5) is 28.5. The molecule has 1 atom stereocenters. The number of halogens is 1. The van der Waals surface area contributed by atoms with Crippen molar-refractivity contribution in [2.45, 2.75) is 45.7 Å². The predicted octanol–water partition coefficient (Wildman–Crippen LogP) is 5.58. The van der Waals surface area contributed by atoms with Crippen LogP contribution in [0.2, 0.25) is 5.02 Å². The summed E-state index contributed by atoms with van der Waals surface area (Å²) < 4.78 is 5.82. The molecule has 6 heteroatoms. The SMILES string of the molecule is CCCCNC(=O)[C@H](Cc1ccccc1)N(Cc1ccccc1)C(=O)COc1ccc(Cl)c(C)c1. The number of amides is 2. The van der Waals surface area contributed by atoms with E-state index in [-0.39, 0.29) is 18.4 Å². The van der Waals surface area contributed by atoms with E-state index in [4.69, 9.17) is 16.3 Å². The van der Waals surface area contributed by atoms with E-state index >= 15 is 0 Å². The minimum Gasteiger partial charge on any atom is -0.484 e. The normalized spacial score (nSPS) is 11.5. The summed E-state index contributed by atoms with van der Waals surface area (Å²) in [5, 5.41) is 3.66. The van der Waals surface area contributed by atoms with Crippen molar-refractivity contribution < 1.29 is 14.3 Å². The molecule has 0 fully saturated rings. The minimum atomic E-state index is -0.669. The van der Waals surface area contributed by atoms with Gasteiger partial charge in [-0.25, -0.2) is 0 Å². The highest BCUT2D eigenvalue weighted by Crippen LogP contribution is 2.21. The Labute approximate surface area is 213 Å². The van der Waals surface area contributed by atoms with Crippen molar-refractivity contribution in [3.63, 3.8) is 0 Å². The van der Waals surface area contributed by atoms with E-state index in [1.807, 2.05) is 67.6 Å². The third-order valence-corrected chi connectivity index (χ3v) is 6.21. The number of ether oxygens (including phenoxy) is 1. The quantitative estimate of drug-likeness (QED) is 0.335. The first-order valence-corrected chi connectivity index (χ1v) is 12.4. The molecule has 0 bridgehead atoms. The number of unbranched alkanes of at least 4 members (excludes halogenated alkanes) is 1. The molecule has 3 aromatic rings. The van der Waals surface area contributed by atoms with Gasteiger partial charge >= 0.3 is 0 Å². The highest BCUT2D eigenvalue weighted by Gasteiger charge is 2.30. The van der Waals surface area contributed by atoms with Crippen molar-refractivity contribution in [3.05, 3.63) is 101 Å². The Morgan fingerprint density at radius 1 is 0.971 bits per heavy atom. The van der Waals surface area contributed by atoms with Crippen molar-refractivity contribution in [1.82, 2.24) is 10.2 Å². The Hall–Kier alpha value is -3.31. The molecule has 3 rings (SSSR count). The molecule has 0 aliphatic heterocycles. The fraction of sp³-hybridized carbons (Fsp3) is 0.310. The van der Waals surface area contributed by atoms with E-state index < -0.39 is 6.04 Å². The fourth-order valence-electron chi connectivity index (χ4n) is 3.78. The largest absolute Gasteiger partial charge is 0.484 e. The summed E-state index contributed by atoms with van der Waals surface area (Å²) in [6.45, 7) is 4.67. The van der Waals surface area contributed by atoms with E-state index in [0.29, 0.717) is 30.3 Å². The second-order valence-corrected chi connectivity index (χ2v) is 8.96. The van der Waals surface area contributed by atoms with Crippen LogP contribution in [0.3, 0.4) is 0 Å². The number of carbonyl (C=O) groups is 2. The van der Waals surface area contributed by atoms with Gasteiger partial charge in [-0.3, -0.25) is 9.59 Å². The third-order valence-electron chi connectivity index (χ3n) is 5.79. The lowest BCUT2D eigenvalue weighted by molar-refractivity contribution is -0.142. The standard InChI is InChI=1S/C29H33ClN2O3/c1-3-4-17-31-29(34)27(19-23-11-7-5-8-12-23)32(20-24-13-9-6-10-14-24)28(33)21-35-25-15-16-26(30)22(2)18-25/h5-16,18,27H,3-4,17,19-21H2,1-2H3,(H,31,34)/t27-/m0/s1. The number of nitrogens with one attached hydrogen (secondary N) is 1. The summed E-state index contributed by atoms with van der Waals surface area (Å²) in [5.74, 6) is 0.147. The summed E-state index contributed by atoms with van der Waals surface area (Å²) in [6, 6.07) is 24.1. The fourth-order valence-corrected chi connectivity index (χ4v) is 3.89. The minimum absolute atomic E-state index is 0.158. The van der Waals surface area contributed by atoms with Crippen LogP contribution in [-0.4, -0.2) is 35.9 Å². The molecule has 184 valence electrons. The Morgan fingerprint density at radius 3 is 2.26 bits per heavy atom. The van der Waals surface area contributed by atoms with Gasteiger partial charge < -0.3 is 15.0 Å². The highest BCUT2D eigenvalue weighted by atomic mass is 35.5. The molecule has 0 heterocycles. The summed E-state index contributed by atoms with van der Waals surface area (Å²) in [6.07, 6.45) is 2.28. The molecule has 0 saturated carbocycles. The van der Waals surface area contributed by atoms with Gasteiger partial charge in [-0.1, -0.05) is 85.6 Å². The number of benzene rings is 3. The van der Waals surface area contributed by atoms with Gasteiger partial charge in [0.25, 0.3) is 5.91 Å². The highest BCUT2D eigenvalue weighted by molar-refractivity contribution is 6.31. The zero-order valence-electron chi connectivity index (χ0n) is 20.4. The predicted molar refractivity (Wildman–Crippen MR) is 141 cm³/mol. The number of rotatable bonds is 12. The lowest BCUT2D eigenvalue weighted by atomic mass is 10.0. The summed E-state index contributed by atoms with van der Waals surface area (Å²) in [7, 11) is 0. The van der Waals surface area contributed by atoms with E-state index in [1.165, 1.54) is 0 Å². The molecule has 2 amide bonds. The van der Waals surface area contributed by atoms with E-state index in [9.17, 15) is 9.59 Å². The molecule has 0 aliphatic carbocycles. The van der Waals surface area contributed by atoms with Crippen LogP contribution in [0.4, 0.5) is 0 Å². The molecule has 0 aromatic heterocycles. The molecule has 5 nitrogen and oxygen atoms in total. The molecule has 35 heavy (non-hydrogen) atoms.